The number of carboxylic acids is 1. The minimum Gasteiger partial charge on any atom is -0.476 e. The molecular weight excluding hydrogens is 332 g/mol. The molecule has 0 aliphatic rings. The highest BCUT2D eigenvalue weighted by molar-refractivity contribution is 9.10. The summed E-state index contributed by atoms with van der Waals surface area (Å²) < 4.78 is 1.81. The zero-order valence-corrected chi connectivity index (χ0v) is 12.1. The minimum absolute atomic E-state index is 0.0741. The monoisotopic (exact) mass is 340 g/mol. The molecule has 0 radical (unpaired) electrons. The predicted octanol–water partition coefficient (Wildman–Crippen LogP) is 2.25. The van der Waals surface area contributed by atoms with Crippen LogP contribution < -0.4 is 0 Å². The average molecular weight is 341 g/mol. The van der Waals surface area contributed by atoms with Crippen molar-refractivity contribution >= 4 is 27.6 Å². The Morgan fingerprint density at radius 1 is 1.45 bits per heavy atom. The molecule has 0 saturated carbocycles. The summed E-state index contributed by atoms with van der Waals surface area (Å²) in [6.45, 7) is 3.14. The zero-order chi connectivity index (χ0) is 15.0. The molecule has 2 rings (SSSR count). The first-order chi connectivity index (χ1) is 9.32. The first-order valence-electron chi connectivity index (χ1n) is 5.43. The number of rotatable bonds is 3. The highest BCUT2D eigenvalue weighted by atomic mass is 79.9. The number of hydrogen-bond acceptors (Lipinski definition) is 5. The number of aromatic nitrogens is 3. The average Bonchev–Trinajstić information content (AvgIpc) is 2.71. The van der Waals surface area contributed by atoms with E-state index in [0.717, 1.165) is 0 Å². The number of benzene rings is 1. The topological polar surface area (TPSA) is 111 Å². The summed E-state index contributed by atoms with van der Waals surface area (Å²) in [5.74, 6) is -1.20. The Bertz CT molecular complexity index is 725. The number of aryl methyl sites for hydroxylation is 1. The molecule has 0 fully saturated rings. The van der Waals surface area contributed by atoms with E-state index in [1.807, 2.05) is 0 Å². The molecular formula is C11H9BrN4O4. The Hall–Kier alpha value is -2.29. The molecule has 0 aliphatic carbocycles. The number of halogens is 1. The molecule has 0 saturated heterocycles. The van der Waals surface area contributed by atoms with Gasteiger partial charge in [-0.2, -0.15) is 0 Å². The second kappa shape index (κ2) is 5.00. The van der Waals surface area contributed by atoms with Crippen LogP contribution >= 0.6 is 15.9 Å². The molecule has 2 aromatic rings. The molecule has 1 aromatic carbocycles. The van der Waals surface area contributed by atoms with Crippen molar-refractivity contribution in [3.63, 3.8) is 0 Å². The predicted molar refractivity (Wildman–Crippen MR) is 72.1 cm³/mol. The van der Waals surface area contributed by atoms with Gasteiger partial charge < -0.3 is 5.11 Å². The first kappa shape index (κ1) is 14.1. The molecule has 8 nitrogen and oxygen atoms in total. The van der Waals surface area contributed by atoms with Crippen molar-refractivity contribution in [1.82, 2.24) is 15.0 Å². The summed E-state index contributed by atoms with van der Waals surface area (Å²) in [6.07, 6.45) is 0. The van der Waals surface area contributed by atoms with Gasteiger partial charge >= 0.3 is 5.97 Å². The van der Waals surface area contributed by atoms with Crippen LogP contribution in [-0.2, 0) is 0 Å². The summed E-state index contributed by atoms with van der Waals surface area (Å²) in [5, 5.41) is 27.2. The summed E-state index contributed by atoms with van der Waals surface area (Å²) >= 11 is 3.29. The maximum atomic E-state index is 11.0. The van der Waals surface area contributed by atoms with Crippen molar-refractivity contribution in [3.8, 4) is 5.69 Å². The maximum Gasteiger partial charge on any atom is 0.358 e. The third-order valence-electron chi connectivity index (χ3n) is 2.79. The van der Waals surface area contributed by atoms with E-state index in [4.69, 9.17) is 5.11 Å². The van der Waals surface area contributed by atoms with E-state index in [0.29, 0.717) is 15.7 Å². The fraction of sp³-hybridized carbons (Fsp3) is 0.182. The Labute approximate surface area is 121 Å². The van der Waals surface area contributed by atoms with Crippen molar-refractivity contribution in [1.29, 1.82) is 0 Å². The number of hydrogen-bond donors (Lipinski definition) is 1. The fourth-order valence-electron chi connectivity index (χ4n) is 1.76. The van der Waals surface area contributed by atoms with Crippen LogP contribution in [0.2, 0.25) is 0 Å². The van der Waals surface area contributed by atoms with E-state index < -0.39 is 10.9 Å². The van der Waals surface area contributed by atoms with Gasteiger partial charge in [0.25, 0.3) is 5.69 Å². The van der Waals surface area contributed by atoms with Gasteiger partial charge in [-0.1, -0.05) is 5.21 Å². The normalized spacial score (nSPS) is 10.6. The maximum absolute atomic E-state index is 11.0. The van der Waals surface area contributed by atoms with Crippen LogP contribution in [0.5, 0.6) is 0 Å². The molecule has 9 heteroatoms. The van der Waals surface area contributed by atoms with Gasteiger partial charge in [0.05, 0.1) is 16.3 Å². The van der Waals surface area contributed by atoms with Gasteiger partial charge in [-0.15, -0.1) is 5.10 Å². The van der Waals surface area contributed by atoms with Crippen LogP contribution in [0.4, 0.5) is 5.69 Å². The molecule has 0 atom stereocenters. The Morgan fingerprint density at radius 3 is 2.60 bits per heavy atom. The van der Waals surface area contributed by atoms with Gasteiger partial charge in [0.15, 0.2) is 5.69 Å². The molecule has 20 heavy (non-hydrogen) atoms. The van der Waals surface area contributed by atoms with Gasteiger partial charge in [0, 0.05) is 16.1 Å². The fourth-order valence-corrected chi connectivity index (χ4v) is 2.39. The van der Waals surface area contributed by atoms with Crippen molar-refractivity contribution in [2.24, 2.45) is 0 Å². The highest BCUT2D eigenvalue weighted by Crippen LogP contribution is 2.30. The van der Waals surface area contributed by atoms with Crippen LogP contribution in [-0.4, -0.2) is 31.0 Å². The van der Waals surface area contributed by atoms with Gasteiger partial charge in [-0.3, -0.25) is 10.1 Å². The molecule has 1 aromatic heterocycles. The molecule has 104 valence electrons. The number of nitrogens with zero attached hydrogens (tertiary/aromatic N) is 4. The number of nitro benzene ring substituents is 1. The smallest absolute Gasteiger partial charge is 0.358 e. The standard InChI is InChI=1S/C11H9BrN4O4/c1-5-3-7(12)9(4-8(5)16(19)20)15-6(2)10(11(17)18)13-14-15/h3-4H,1-2H3,(H,17,18). The van der Waals surface area contributed by atoms with Crippen molar-refractivity contribution in [3.05, 3.63) is 43.7 Å². The largest absolute Gasteiger partial charge is 0.476 e. The first-order valence-corrected chi connectivity index (χ1v) is 6.22. The molecule has 0 spiro atoms. The van der Waals surface area contributed by atoms with Crippen LogP contribution in [0.3, 0.4) is 0 Å². The second-order valence-electron chi connectivity index (χ2n) is 4.09. The van der Waals surface area contributed by atoms with Gasteiger partial charge in [0.1, 0.15) is 0 Å². The van der Waals surface area contributed by atoms with Crippen molar-refractivity contribution in [2.75, 3.05) is 0 Å². The Kier molecular flexibility index (Phi) is 3.53. The summed E-state index contributed by atoms with van der Waals surface area (Å²) in [6, 6.07) is 2.90. The van der Waals surface area contributed by atoms with E-state index in [9.17, 15) is 14.9 Å². The number of carboxylic acid groups (broad SMARTS) is 1. The lowest BCUT2D eigenvalue weighted by atomic mass is 10.2. The lowest BCUT2D eigenvalue weighted by Gasteiger charge is -2.07. The summed E-state index contributed by atoms with van der Waals surface area (Å²) in [7, 11) is 0. The molecule has 1 N–H and O–H groups in total. The summed E-state index contributed by atoms with van der Waals surface area (Å²) in [5.41, 5.74) is 0.869. The lowest BCUT2D eigenvalue weighted by molar-refractivity contribution is -0.385. The van der Waals surface area contributed by atoms with E-state index in [1.54, 1.807) is 13.0 Å². The third kappa shape index (κ3) is 2.27. The van der Waals surface area contributed by atoms with Gasteiger partial charge in [0.2, 0.25) is 0 Å². The van der Waals surface area contributed by atoms with Gasteiger partial charge in [-0.05, 0) is 35.8 Å². The van der Waals surface area contributed by atoms with Gasteiger partial charge in [-0.25, -0.2) is 9.48 Å². The molecule has 0 unspecified atom stereocenters. The van der Waals surface area contributed by atoms with Crippen molar-refractivity contribution < 1.29 is 14.8 Å². The van der Waals surface area contributed by atoms with E-state index in [1.165, 1.54) is 17.7 Å². The molecule has 0 aliphatic heterocycles. The molecule has 0 bridgehead atoms. The minimum atomic E-state index is -1.20. The quantitative estimate of drug-likeness (QED) is 0.677. The van der Waals surface area contributed by atoms with E-state index >= 15 is 0 Å². The second-order valence-corrected chi connectivity index (χ2v) is 4.94. The molecule has 1 heterocycles. The van der Waals surface area contributed by atoms with Crippen LogP contribution in [0.15, 0.2) is 16.6 Å². The van der Waals surface area contributed by atoms with E-state index in [-0.39, 0.29) is 17.1 Å². The third-order valence-corrected chi connectivity index (χ3v) is 3.42. The zero-order valence-electron chi connectivity index (χ0n) is 10.5. The van der Waals surface area contributed by atoms with Crippen LogP contribution in [0, 0.1) is 24.0 Å². The Morgan fingerprint density at radius 2 is 2.10 bits per heavy atom. The number of aromatic carboxylic acids is 1. The van der Waals surface area contributed by atoms with Crippen molar-refractivity contribution in [2.45, 2.75) is 13.8 Å². The molecule has 0 amide bonds. The highest BCUT2D eigenvalue weighted by Gasteiger charge is 2.21. The van der Waals surface area contributed by atoms with Crippen LogP contribution in [0.1, 0.15) is 21.7 Å². The van der Waals surface area contributed by atoms with Crippen LogP contribution in [0.25, 0.3) is 5.69 Å². The lowest BCUT2D eigenvalue weighted by Crippen LogP contribution is -2.04. The SMILES string of the molecule is Cc1cc(Br)c(-n2nnc(C(=O)O)c2C)cc1[N+](=O)[O-]. The number of carbonyl (C=O) groups is 1. The number of nitro groups is 1. The van der Waals surface area contributed by atoms with E-state index in [2.05, 4.69) is 26.2 Å². The summed E-state index contributed by atoms with van der Waals surface area (Å²) in [4.78, 5) is 21.4. The Balaban J connectivity index is 2.67.